The number of carbonyl (C=O) groups is 2. The highest BCUT2D eigenvalue weighted by Crippen LogP contribution is 2.36. The molecule has 0 fully saturated rings. The van der Waals surface area contributed by atoms with Crippen LogP contribution in [0.5, 0.6) is 0 Å². The number of ether oxygens (including phenoxy) is 1. The van der Waals surface area contributed by atoms with Crippen molar-refractivity contribution < 1.29 is 14.3 Å². The van der Waals surface area contributed by atoms with Gasteiger partial charge in [-0.25, -0.2) is 4.79 Å². The Kier molecular flexibility index (Phi) is 6.83. The van der Waals surface area contributed by atoms with Crippen molar-refractivity contribution in [2.75, 3.05) is 11.9 Å². The molecular weight excluding hydrogens is 382 g/mol. The summed E-state index contributed by atoms with van der Waals surface area (Å²) in [5.41, 5.74) is 3.28. The lowest BCUT2D eigenvalue weighted by Gasteiger charge is -2.09. The summed E-state index contributed by atoms with van der Waals surface area (Å²) in [7, 11) is 0. The van der Waals surface area contributed by atoms with Crippen molar-refractivity contribution in [3.63, 3.8) is 0 Å². The number of hydrogen-bond donors (Lipinski definition) is 1. The summed E-state index contributed by atoms with van der Waals surface area (Å²) in [5, 5.41) is 3.43. The van der Waals surface area contributed by atoms with Crippen molar-refractivity contribution >= 4 is 28.2 Å². The third kappa shape index (κ3) is 4.93. The molecule has 0 spiro atoms. The summed E-state index contributed by atoms with van der Waals surface area (Å²) >= 11 is 1.41. The number of carbonyl (C=O) groups excluding carboxylic acids is 2. The molecule has 1 heterocycles. The fraction of sp³-hybridized carbons (Fsp3) is 0.250. The Balaban J connectivity index is 1.90. The minimum absolute atomic E-state index is 0.101. The fourth-order valence-corrected chi connectivity index (χ4v) is 4.17. The van der Waals surface area contributed by atoms with Gasteiger partial charge >= 0.3 is 5.97 Å². The molecule has 2 aromatic carbocycles. The van der Waals surface area contributed by atoms with Crippen LogP contribution in [0.15, 0.2) is 60.7 Å². The first kappa shape index (κ1) is 20.8. The van der Waals surface area contributed by atoms with Crippen LogP contribution in [-0.4, -0.2) is 18.5 Å². The van der Waals surface area contributed by atoms with Crippen molar-refractivity contribution in [3.8, 4) is 0 Å². The molecule has 3 aromatic rings. The SMILES string of the molecule is CCOC(=O)c1cc([C@H](C)c2ccccc2)sc1NC(=O)c1ccc(CC)cc1. The Hall–Kier alpha value is -2.92. The van der Waals surface area contributed by atoms with E-state index in [1.165, 1.54) is 16.9 Å². The quantitative estimate of drug-likeness (QED) is 0.497. The minimum Gasteiger partial charge on any atom is -0.462 e. The van der Waals surface area contributed by atoms with Gasteiger partial charge in [0.05, 0.1) is 12.2 Å². The average molecular weight is 408 g/mol. The molecule has 1 amide bonds. The second-order valence-corrected chi connectivity index (χ2v) is 7.83. The minimum atomic E-state index is -0.424. The third-order valence-electron chi connectivity index (χ3n) is 4.82. The van der Waals surface area contributed by atoms with Gasteiger partial charge in [0, 0.05) is 16.4 Å². The zero-order valence-electron chi connectivity index (χ0n) is 16.9. The number of anilines is 1. The summed E-state index contributed by atoms with van der Waals surface area (Å²) in [4.78, 5) is 26.2. The van der Waals surface area contributed by atoms with Gasteiger partial charge in [0.1, 0.15) is 5.00 Å². The molecule has 0 unspecified atom stereocenters. The van der Waals surface area contributed by atoms with Gasteiger partial charge in [0.2, 0.25) is 0 Å². The molecule has 0 saturated heterocycles. The number of amides is 1. The van der Waals surface area contributed by atoms with E-state index in [1.54, 1.807) is 19.1 Å². The molecule has 0 bridgehead atoms. The van der Waals surface area contributed by atoms with Crippen LogP contribution in [0.3, 0.4) is 0 Å². The van der Waals surface area contributed by atoms with Gasteiger partial charge in [-0.15, -0.1) is 11.3 Å². The van der Waals surface area contributed by atoms with Crippen LogP contribution in [0.4, 0.5) is 5.00 Å². The van der Waals surface area contributed by atoms with E-state index in [-0.39, 0.29) is 18.4 Å². The Labute approximate surface area is 175 Å². The number of rotatable bonds is 7. The largest absolute Gasteiger partial charge is 0.462 e. The van der Waals surface area contributed by atoms with Crippen LogP contribution in [0, 0.1) is 0 Å². The van der Waals surface area contributed by atoms with Gasteiger partial charge < -0.3 is 10.1 Å². The number of thiophene rings is 1. The fourth-order valence-electron chi connectivity index (χ4n) is 3.05. The van der Waals surface area contributed by atoms with Crippen molar-refractivity contribution in [1.82, 2.24) is 0 Å². The molecule has 4 nitrogen and oxygen atoms in total. The molecule has 29 heavy (non-hydrogen) atoms. The van der Waals surface area contributed by atoms with Crippen LogP contribution in [-0.2, 0) is 11.2 Å². The van der Waals surface area contributed by atoms with Crippen LogP contribution in [0.1, 0.15) is 63.4 Å². The predicted octanol–water partition coefficient (Wildman–Crippen LogP) is 5.89. The standard InChI is InChI=1S/C24H25NO3S/c1-4-17-11-13-19(14-12-17)22(26)25-23-20(24(27)28-5-2)15-21(29-23)16(3)18-9-7-6-8-10-18/h6-16H,4-5H2,1-3H3,(H,25,26)/t16-/m1/s1. The molecule has 3 rings (SSSR count). The van der Waals surface area contributed by atoms with E-state index in [2.05, 4.69) is 31.3 Å². The van der Waals surface area contributed by atoms with Crippen molar-refractivity contribution in [2.45, 2.75) is 33.1 Å². The smallest absolute Gasteiger partial charge is 0.341 e. The number of nitrogens with one attached hydrogen (secondary N) is 1. The average Bonchev–Trinajstić information content (AvgIpc) is 3.18. The van der Waals surface area contributed by atoms with Crippen molar-refractivity contribution in [3.05, 3.63) is 87.8 Å². The maximum absolute atomic E-state index is 12.7. The zero-order valence-corrected chi connectivity index (χ0v) is 17.7. The second kappa shape index (κ2) is 9.52. The summed E-state index contributed by atoms with van der Waals surface area (Å²) in [5.74, 6) is -0.560. The van der Waals surface area contributed by atoms with Crippen LogP contribution in [0.2, 0.25) is 0 Å². The lowest BCUT2D eigenvalue weighted by atomic mass is 9.99. The molecule has 150 valence electrons. The second-order valence-electron chi connectivity index (χ2n) is 6.75. The highest BCUT2D eigenvalue weighted by atomic mass is 32.1. The summed E-state index contributed by atoms with van der Waals surface area (Å²) in [6.45, 7) is 6.21. The summed E-state index contributed by atoms with van der Waals surface area (Å²) in [6, 6.07) is 19.4. The third-order valence-corrected chi connectivity index (χ3v) is 6.06. The molecule has 1 N–H and O–H groups in total. The topological polar surface area (TPSA) is 55.4 Å². The van der Waals surface area contributed by atoms with E-state index in [9.17, 15) is 9.59 Å². The highest BCUT2D eigenvalue weighted by molar-refractivity contribution is 7.16. The Bertz CT molecular complexity index is 977. The first-order chi connectivity index (χ1) is 14.0. The Morgan fingerprint density at radius 3 is 2.34 bits per heavy atom. The molecule has 1 atom stereocenters. The number of aryl methyl sites for hydroxylation is 1. The molecule has 5 heteroatoms. The number of hydrogen-bond acceptors (Lipinski definition) is 4. The summed E-state index contributed by atoms with van der Waals surface area (Å²) < 4.78 is 5.20. The first-order valence-electron chi connectivity index (χ1n) is 9.79. The number of esters is 1. The zero-order chi connectivity index (χ0) is 20.8. The van der Waals surface area contributed by atoms with Gasteiger partial charge in [0.15, 0.2) is 0 Å². The summed E-state index contributed by atoms with van der Waals surface area (Å²) in [6.07, 6.45) is 0.917. The van der Waals surface area contributed by atoms with E-state index in [1.807, 2.05) is 36.4 Å². The van der Waals surface area contributed by atoms with E-state index in [0.29, 0.717) is 16.1 Å². The van der Waals surface area contributed by atoms with Crippen LogP contribution >= 0.6 is 11.3 Å². The molecular formula is C24H25NO3S. The lowest BCUT2D eigenvalue weighted by molar-refractivity contribution is 0.0528. The van der Waals surface area contributed by atoms with Gasteiger partial charge in [-0.2, -0.15) is 0 Å². The molecule has 0 radical (unpaired) electrons. The Morgan fingerprint density at radius 1 is 1.03 bits per heavy atom. The van der Waals surface area contributed by atoms with Crippen molar-refractivity contribution in [2.24, 2.45) is 0 Å². The predicted molar refractivity (Wildman–Crippen MR) is 118 cm³/mol. The van der Waals surface area contributed by atoms with Crippen molar-refractivity contribution in [1.29, 1.82) is 0 Å². The Morgan fingerprint density at radius 2 is 1.72 bits per heavy atom. The molecule has 1 aromatic heterocycles. The maximum atomic E-state index is 12.7. The van der Waals surface area contributed by atoms with E-state index in [4.69, 9.17) is 4.74 Å². The molecule has 0 saturated carbocycles. The van der Waals surface area contributed by atoms with Gasteiger partial charge in [-0.05, 0) is 42.7 Å². The van der Waals surface area contributed by atoms with E-state index in [0.717, 1.165) is 16.9 Å². The van der Waals surface area contributed by atoms with E-state index >= 15 is 0 Å². The maximum Gasteiger partial charge on any atom is 0.341 e. The first-order valence-corrected chi connectivity index (χ1v) is 10.6. The van der Waals surface area contributed by atoms with Gasteiger partial charge in [-0.3, -0.25) is 4.79 Å². The van der Waals surface area contributed by atoms with Crippen LogP contribution in [0.25, 0.3) is 0 Å². The van der Waals surface area contributed by atoms with Gasteiger partial charge in [-0.1, -0.05) is 56.3 Å². The van der Waals surface area contributed by atoms with Gasteiger partial charge in [0.25, 0.3) is 5.91 Å². The molecule has 0 aliphatic carbocycles. The molecule has 0 aliphatic heterocycles. The normalized spacial score (nSPS) is 11.7. The van der Waals surface area contributed by atoms with Crippen LogP contribution < -0.4 is 5.32 Å². The van der Waals surface area contributed by atoms with E-state index < -0.39 is 5.97 Å². The highest BCUT2D eigenvalue weighted by Gasteiger charge is 2.22. The molecule has 0 aliphatic rings. The lowest BCUT2D eigenvalue weighted by Crippen LogP contribution is -2.14. The number of benzene rings is 2. The monoisotopic (exact) mass is 407 g/mol.